The van der Waals surface area contributed by atoms with E-state index in [9.17, 15) is 19.8 Å². The zero-order chi connectivity index (χ0) is 26.3. The van der Waals surface area contributed by atoms with Crippen molar-refractivity contribution < 1.29 is 24.5 Å². The van der Waals surface area contributed by atoms with Crippen molar-refractivity contribution >= 4 is 29.2 Å². The second kappa shape index (κ2) is 12.9. The van der Waals surface area contributed by atoms with Crippen LogP contribution in [0.5, 0.6) is 0 Å². The molecule has 2 rings (SSSR count). The van der Waals surface area contributed by atoms with Crippen molar-refractivity contribution in [3.63, 3.8) is 0 Å². The number of ketones is 1. The predicted molar refractivity (Wildman–Crippen MR) is 141 cm³/mol. The Hall–Kier alpha value is -1.83. The number of aliphatic hydroxyl groups excluding tert-OH is 2. The number of aryl methyl sites for hydroxylation is 1. The van der Waals surface area contributed by atoms with Gasteiger partial charge in [-0.25, -0.2) is 4.98 Å². The first-order valence-electron chi connectivity index (χ1n) is 12.7. The van der Waals surface area contributed by atoms with E-state index in [1.165, 1.54) is 5.57 Å². The highest BCUT2D eigenvalue weighted by Gasteiger charge is 2.43. The molecule has 0 amide bonds. The third-order valence-electron chi connectivity index (χ3n) is 7.30. The van der Waals surface area contributed by atoms with Crippen LogP contribution in [0.1, 0.15) is 90.8 Å². The Kier molecular flexibility index (Phi) is 10.9. The third-order valence-corrected chi connectivity index (χ3v) is 8.10. The van der Waals surface area contributed by atoms with E-state index in [-0.39, 0.29) is 18.1 Å². The van der Waals surface area contributed by atoms with E-state index >= 15 is 0 Å². The molecule has 2 N–H and O–H groups in total. The molecule has 35 heavy (non-hydrogen) atoms. The average Bonchev–Trinajstić information content (AvgIpc) is 3.20. The van der Waals surface area contributed by atoms with Crippen LogP contribution < -0.4 is 0 Å². The maximum absolute atomic E-state index is 13.4. The van der Waals surface area contributed by atoms with Gasteiger partial charge in [-0.1, -0.05) is 39.3 Å². The summed E-state index contributed by atoms with van der Waals surface area (Å²) in [6.45, 7) is 13.1. The Morgan fingerprint density at radius 1 is 1.29 bits per heavy atom. The standard InChI is InChI=1S/C28H43NO5S/c1-8-22-26(32)18(3)11-9-10-17(2)12-13-23(19(4)14-21-16-35-20(5)29-21)34-25(31)15-24(30)28(6,7)27(22)33/h12,14,16,18,22-24,26,30,32H,8-11,13,15H2,1-7H3/b17-12+,19-14?. The molecule has 7 heteroatoms. The number of esters is 1. The predicted octanol–water partition coefficient (Wildman–Crippen LogP) is 5.66. The average molecular weight is 506 g/mol. The molecule has 0 bridgehead atoms. The van der Waals surface area contributed by atoms with Crippen molar-refractivity contribution in [3.05, 3.63) is 33.3 Å². The number of allylic oxidation sites excluding steroid dienone is 1. The second-order valence-corrected chi connectivity index (χ2v) is 11.7. The first-order valence-corrected chi connectivity index (χ1v) is 13.6. The van der Waals surface area contributed by atoms with Gasteiger partial charge in [0.15, 0.2) is 0 Å². The molecule has 2 heterocycles. The minimum absolute atomic E-state index is 0.0398. The van der Waals surface area contributed by atoms with Crippen molar-refractivity contribution in [3.8, 4) is 0 Å². The minimum atomic E-state index is -1.21. The number of ether oxygens (including phenoxy) is 1. The molecule has 1 aromatic rings. The molecule has 5 atom stereocenters. The summed E-state index contributed by atoms with van der Waals surface area (Å²) < 4.78 is 5.83. The lowest BCUT2D eigenvalue weighted by molar-refractivity contribution is -0.154. The van der Waals surface area contributed by atoms with E-state index in [4.69, 9.17) is 4.74 Å². The molecule has 0 spiro atoms. The van der Waals surface area contributed by atoms with Crippen LogP contribution in [0.15, 0.2) is 22.6 Å². The van der Waals surface area contributed by atoms with Crippen molar-refractivity contribution in [2.24, 2.45) is 17.3 Å². The van der Waals surface area contributed by atoms with Crippen LogP contribution in [0.4, 0.5) is 0 Å². The third kappa shape index (κ3) is 8.09. The summed E-state index contributed by atoms with van der Waals surface area (Å²) in [5.74, 6) is -1.39. The van der Waals surface area contributed by atoms with Gasteiger partial charge in [0.1, 0.15) is 11.9 Å². The minimum Gasteiger partial charge on any atom is -0.457 e. The number of hydrogen-bond acceptors (Lipinski definition) is 7. The molecule has 196 valence electrons. The highest BCUT2D eigenvalue weighted by Crippen LogP contribution is 2.34. The Balaban J connectivity index is 2.35. The van der Waals surface area contributed by atoms with E-state index in [0.717, 1.165) is 35.5 Å². The van der Waals surface area contributed by atoms with Gasteiger partial charge in [0, 0.05) is 17.7 Å². The van der Waals surface area contributed by atoms with Crippen molar-refractivity contribution in [2.45, 2.75) is 105 Å². The fourth-order valence-electron chi connectivity index (χ4n) is 4.62. The molecule has 0 saturated carbocycles. The smallest absolute Gasteiger partial charge is 0.309 e. The summed E-state index contributed by atoms with van der Waals surface area (Å²) in [6, 6.07) is 0. The largest absolute Gasteiger partial charge is 0.457 e. The van der Waals surface area contributed by atoms with Crippen LogP contribution in [-0.2, 0) is 14.3 Å². The van der Waals surface area contributed by atoms with Crippen LogP contribution in [-0.4, -0.2) is 45.3 Å². The van der Waals surface area contributed by atoms with E-state index in [2.05, 4.69) is 18.0 Å². The summed E-state index contributed by atoms with van der Waals surface area (Å²) in [6.07, 6.45) is 4.85. The van der Waals surface area contributed by atoms with Crippen LogP contribution in [0.2, 0.25) is 0 Å². The summed E-state index contributed by atoms with van der Waals surface area (Å²) in [5.41, 5.74) is 1.72. The molecule has 1 aliphatic heterocycles. The van der Waals surface area contributed by atoms with E-state index < -0.39 is 35.6 Å². The lowest BCUT2D eigenvalue weighted by atomic mass is 9.71. The molecule has 0 aromatic carbocycles. The highest BCUT2D eigenvalue weighted by molar-refractivity contribution is 7.09. The molecular weight excluding hydrogens is 462 g/mol. The SMILES string of the molecule is CCC1C(=O)C(C)(C)C(O)CC(=O)OC(C(C)=Cc2csc(C)n2)C/C=C(\C)CCCC(C)C1O. The molecule has 6 nitrogen and oxygen atoms in total. The number of carbonyl (C=O) groups is 2. The number of rotatable bonds is 3. The molecule has 1 aromatic heterocycles. The Labute approximate surface area is 214 Å². The lowest BCUT2D eigenvalue weighted by Gasteiger charge is -2.35. The molecule has 0 saturated heterocycles. The molecule has 0 aliphatic carbocycles. The summed E-state index contributed by atoms with van der Waals surface area (Å²) in [5, 5.41) is 24.8. The maximum atomic E-state index is 13.4. The van der Waals surface area contributed by atoms with Gasteiger partial charge in [-0.2, -0.15) is 0 Å². The van der Waals surface area contributed by atoms with Crippen LogP contribution in [0, 0.1) is 24.2 Å². The first-order chi connectivity index (χ1) is 16.4. The number of cyclic esters (lactones) is 1. The van der Waals surface area contributed by atoms with E-state index in [1.54, 1.807) is 25.2 Å². The van der Waals surface area contributed by atoms with Gasteiger partial charge in [-0.05, 0) is 64.0 Å². The quantitative estimate of drug-likeness (QED) is 0.407. The number of aliphatic hydroxyl groups is 2. The molecule has 5 unspecified atom stereocenters. The van der Waals surface area contributed by atoms with Crippen molar-refractivity contribution in [1.82, 2.24) is 4.98 Å². The maximum Gasteiger partial charge on any atom is 0.309 e. The Bertz CT molecular complexity index is 932. The Morgan fingerprint density at radius 2 is 1.97 bits per heavy atom. The Morgan fingerprint density at radius 3 is 2.57 bits per heavy atom. The first kappa shape index (κ1) is 29.4. The number of Topliss-reactive ketones (excluding diaryl/α,β-unsaturated/α-hetero) is 1. The normalized spacial score (nSPS) is 31.5. The molecule has 0 fully saturated rings. The van der Waals surface area contributed by atoms with Crippen LogP contribution in [0.25, 0.3) is 6.08 Å². The van der Waals surface area contributed by atoms with Gasteiger partial charge in [0.2, 0.25) is 0 Å². The molecular formula is C28H43NO5S. The van der Waals surface area contributed by atoms with Gasteiger partial charge >= 0.3 is 5.97 Å². The van der Waals surface area contributed by atoms with Gasteiger partial charge in [-0.15, -0.1) is 11.3 Å². The number of nitrogens with zero attached hydrogens (tertiary/aromatic N) is 1. The second-order valence-electron chi connectivity index (χ2n) is 10.6. The van der Waals surface area contributed by atoms with Crippen molar-refractivity contribution in [2.75, 3.05) is 0 Å². The van der Waals surface area contributed by atoms with Gasteiger partial charge in [0.05, 0.1) is 34.7 Å². The van der Waals surface area contributed by atoms with Crippen molar-refractivity contribution in [1.29, 1.82) is 0 Å². The summed E-state index contributed by atoms with van der Waals surface area (Å²) >= 11 is 1.56. The highest BCUT2D eigenvalue weighted by atomic mass is 32.1. The lowest BCUT2D eigenvalue weighted by Crippen LogP contribution is -2.46. The monoisotopic (exact) mass is 505 g/mol. The van der Waals surface area contributed by atoms with Gasteiger partial charge < -0.3 is 14.9 Å². The zero-order valence-electron chi connectivity index (χ0n) is 22.3. The van der Waals surface area contributed by atoms with Gasteiger partial charge in [0.25, 0.3) is 0 Å². The summed E-state index contributed by atoms with van der Waals surface area (Å²) in [4.78, 5) is 30.8. The summed E-state index contributed by atoms with van der Waals surface area (Å²) in [7, 11) is 0. The molecule has 1 aliphatic rings. The zero-order valence-corrected chi connectivity index (χ0v) is 23.2. The fourth-order valence-corrected chi connectivity index (χ4v) is 5.19. The number of thiazole rings is 1. The van der Waals surface area contributed by atoms with Gasteiger partial charge in [-0.3, -0.25) is 9.59 Å². The van der Waals surface area contributed by atoms with E-state index in [1.807, 2.05) is 39.2 Å². The fraction of sp³-hybridized carbons (Fsp3) is 0.679. The van der Waals surface area contributed by atoms with Crippen LogP contribution in [0.3, 0.4) is 0 Å². The number of hydrogen-bond donors (Lipinski definition) is 2. The van der Waals surface area contributed by atoms with E-state index in [0.29, 0.717) is 12.8 Å². The van der Waals surface area contributed by atoms with Crippen LogP contribution >= 0.6 is 11.3 Å². The topological polar surface area (TPSA) is 96.7 Å². The number of aromatic nitrogens is 1. The number of carbonyl (C=O) groups excluding carboxylic acids is 2. The molecule has 0 radical (unpaired) electrons.